The van der Waals surface area contributed by atoms with Crippen LogP contribution in [0.15, 0.2) is 53.3 Å². The fraction of sp³-hybridized carbons (Fsp3) is 0.333. The lowest BCUT2D eigenvalue weighted by Crippen LogP contribution is -2.45. The summed E-state index contributed by atoms with van der Waals surface area (Å²) in [7, 11) is 0. The van der Waals surface area contributed by atoms with E-state index in [-0.39, 0.29) is 22.5 Å². The molecule has 3 aromatic rings. The number of aromatic amines is 1. The van der Waals surface area contributed by atoms with Crippen molar-refractivity contribution < 1.29 is 45.4 Å². The van der Waals surface area contributed by atoms with Crippen LogP contribution in [-0.4, -0.2) is 33.4 Å². The molecule has 2 amide bonds. The molecule has 0 unspecified atom stereocenters. The molecule has 1 aromatic heterocycles. The predicted octanol–water partition coefficient (Wildman–Crippen LogP) is 8.38. The topological polar surface area (TPSA) is 102 Å². The number of aryl methyl sites for hydroxylation is 1. The van der Waals surface area contributed by atoms with Gasteiger partial charge in [0.05, 0.1) is 16.7 Å². The zero-order valence-electron chi connectivity index (χ0n) is 26.4. The van der Waals surface area contributed by atoms with Crippen molar-refractivity contribution in [1.82, 2.24) is 9.97 Å². The SMILES string of the molecule is Cc1nc(N(C(=O)OC(C)(C)C)C(=O)OC(C)(C)C)c(/C=C(\C#Cc2ccc(C(F)(F)F)cc2)c2ccc(C(F)(F)F)cc2)c(=O)[nH]1. The van der Waals surface area contributed by atoms with E-state index in [4.69, 9.17) is 9.47 Å². The molecule has 0 radical (unpaired) electrons. The fourth-order valence-electron chi connectivity index (χ4n) is 3.80. The van der Waals surface area contributed by atoms with Crippen LogP contribution in [-0.2, 0) is 21.8 Å². The number of nitrogens with zero attached hydrogens (tertiary/aromatic N) is 2. The summed E-state index contributed by atoms with van der Waals surface area (Å²) in [6.45, 7) is 10.6. The molecule has 0 saturated carbocycles. The smallest absolute Gasteiger partial charge is 0.425 e. The summed E-state index contributed by atoms with van der Waals surface area (Å²) in [6.07, 6.45) is -10.7. The first kappa shape index (κ1) is 36.4. The van der Waals surface area contributed by atoms with Gasteiger partial charge in [-0.1, -0.05) is 24.0 Å². The lowest BCUT2D eigenvalue weighted by Gasteiger charge is -2.28. The van der Waals surface area contributed by atoms with Crippen LogP contribution in [0.25, 0.3) is 11.6 Å². The standard InChI is InChI=1S/C33H31F6N3O5/c1-19-40-26(42(28(44)46-30(2,3)4)29(45)47-31(5,6)7)25(27(43)41-19)18-22(21-12-16-24(17-13-21)33(37,38)39)11-8-20-9-14-23(15-10-20)32(34,35)36/h9-10,12-18H,1-7H3,(H,40,41,43)/b22-18+. The molecule has 0 saturated heterocycles. The molecule has 8 nitrogen and oxygen atoms in total. The van der Waals surface area contributed by atoms with Crippen LogP contribution in [0.1, 0.15) is 75.2 Å². The zero-order chi connectivity index (χ0) is 35.5. The largest absolute Gasteiger partial charge is 0.443 e. The highest BCUT2D eigenvalue weighted by Gasteiger charge is 2.36. The maximum absolute atomic E-state index is 13.4. The van der Waals surface area contributed by atoms with Crippen molar-refractivity contribution in [2.75, 3.05) is 4.90 Å². The number of allylic oxidation sites excluding steroid dienone is 1. The number of carbonyl (C=O) groups excluding carboxylic acids is 2. The van der Waals surface area contributed by atoms with Crippen molar-refractivity contribution in [2.45, 2.75) is 72.0 Å². The molecule has 47 heavy (non-hydrogen) atoms. The molecule has 0 aliphatic heterocycles. The third-order valence-electron chi connectivity index (χ3n) is 5.78. The number of carbonyl (C=O) groups is 2. The molecular weight excluding hydrogens is 632 g/mol. The second kappa shape index (κ2) is 13.4. The van der Waals surface area contributed by atoms with Crippen LogP contribution < -0.4 is 10.5 Å². The Bertz CT molecular complexity index is 1760. The Labute approximate surface area is 266 Å². The van der Waals surface area contributed by atoms with Gasteiger partial charge >= 0.3 is 24.5 Å². The molecule has 2 aromatic carbocycles. The van der Waals surface area contributed by atoms with Crippen LogP contribution in [0.3, 0.4) is 0 Å². The van der Waals surface area contributed by atoms with Crippen LogP contribution >= 0.6 is 0 Å². The Kier molecular flexibility index (Phi) is 10.3. The van der Waals surface area contributed by atoms with Crippen molar-refractivity contribution in [3.8, 4) is 11.8 Å². The van der Waals surface area contributed by atoms with Crippen LogP contribution in [0, 0.1) is 18.8 Å². The number of ether oxygens (including phenoxy) is 2. The summed E-state index contributed by atoms with van der Waals surface area (Å²) in [4.78, 5) is 47.2. The van der Waals surface area contributed by atoms with Gasteiger partial charge in [-0.3, -0.25) is 4.79 Å². The molecular formula is C33H31F6N3O5. The molecule has 0 spiro atoms. The first-order valence-corrected chi connectivity index (χ1v) is 13.9. The van der Waals surface area contributed by atoms with Crippen molar-refractivity contribution in [3.05, 3.63) is 92.5 Å². The van der Waals surface area contributed by atoms with Gasteiger partial charge in [0, 0.05) is 11.1 Å². The van der Waals surface area contributed by atoms with E-state index >= 15 is 0 Å². The number of imide groups is 1. The first-order valence-electron chi connectivity index (χ1n) is 13.9. The Morgan fingerprint density at radius 1 is 0.787 bits per heavy atom. The van der Waals surface area contributed by atoms with Crippen LogP contribution in [0.2, 0.25) is 0 Å². The summed E-state index contributed by atoms with van der Waals surface area (Å²) < 4.78 is 89.8. The lowest BCUT2D eigenvalue weighted by atomic mass is 10.0. The Morgan fingerprint density at radius 3 is 1.66 bits per heavy atom. The van der Waals surface area contributed by atoms with Crippen molar-refractivity contribution >= 4 is 29.7 Å². The minimum atomic E-state index is -4.67. The monoisotopic (exact) mass is 663 g/mol. The highest BCUT2D eigenvalue weighted by Crippen LogP contribution is 2.32. The van der Waals surface area contributed by atoms with Gasteiger partial charge in [-0.25, -0.2) is 14.6 Å². The summed E-state index contributed by atoms with van der Waals surface area (Å²) >= 11 is 0. The third kappa shape index (κ3) is 10.2. The predicted molar refractivity (Wildman–Crippen MR) is 162 cm³/mol. The number of H-pyrrole nitrogens is 1. The van der Waals surface area contributed by atoms with E-state index in [2.05, 4.69) is 21.8 Å². The molecule has 250 valence electrons. The zero-order valence-corrected chi connectivity index (χ0v) is 26.4. The number of amides is 2. The van der Waals surface area contributed by atoms with Gasteiger partial charge in [-0.15, -0.1) is 0 Å². The van der Waals surface area contributed by atoms with Crippen molar-refractivity contribution in [2.24, 2.45) is 0 Å². The van der Waals surface area contributed by atoms with Crippen LogP contribution in [0.5, 0.6) is 0 Å². The van der Waals surface area contributed by atoms with E-state index < -0.39 is 63.8 Å². The first-order chi connectivity index (χ1) is 21.4. The van der Waals surface area contributed by atoms with Gasteiger partial charge in [0.25, 0.3) is 5.56 Å². The summed E-state index contributed by atoms with van der Waals surface area (Å²) in [6, 6.07) is 7.49. The van der Waals surface area contributed by atoms with E-state index in [0.717, 1.165) is 54.6 Å². The number of benzene rings is 2. The van der Waals surface area contributed by atoms with Gasteiger partial charge in [0.15, 0.2) is 5.82 Å². The van der Waals surface area contributed by atoms with E-state index in [0.29, 0.717) is 4.90 Å². The Hall–Kier alpha value is -5.06. The number of alkyl halides is 6. The molecule has 0 aliphatic rings. The number of hydrogen-bond donors (Lipinski definition) is 1. The number of halogens is 6. The maximum atomic E-state index is 13.4. The van der Waals surface area contributed by atoms with Crippen molar-refractivity contribution in [3.63, 3.8) is 0 Å². The molecule has 14 heteroatoms. The number of rotatable bonds is 3. The van der Waals surface area contributed by atoms with Crippen molar-refractivity contribution in [1.29, 1.82) is 0 Å². The molecule has 3 rings (SSSR count). The maximum Gasteiger partial charge on any atom is 0.425 e. The minimum Gasteiger partial charge on any atom is -0.443 e. The van der Waals surface area contributed by atoms with Gasteiger partial charge in [-0.05, 0) is 96.5 Å². The van der Waals surface area contributed by atoms with Crippen LogP contribution in [0.4, 0.5) is 41.7 Å². The van der Waals surface area contributed by atoms with Gasteiger partial charge in [0.1, 0.15) is 17.0 Å². The molecule has 0 bridgehead atoms. The number of anilines is 1. The molecule has 0 aliphatic carbocycles. The highest BCUT2D eigenvalue weighted by molar-refractivity contribution is 6.10. The fourth-order valence-corrected chi connectivity index (χ4v) is 3.80. The average Bonchev–Trinajstić information content (AvgIpc) is 2.89. The second-order valence-corrected chi connectivity index (χ2v) is 12.1. The number of nitrogens with one attached hydrogen (secondary N) is 1. The third-order valence-corrected chi connectivity index (χ3v) is 5.78. The highest BCUT2D eigenvalue weighted by atomic mass is 19.4. The summed E-state index contributed by atoms with van der Waals surface area (Å²) in [5, 5.41) is 0. The average molecular weight is 664 g/mol. The lowest BCUT2D eigenvalue weighted by molar-refractivity contribution is -0.138. The minimum absolute atomic E-state index is 0.0220. The number of hydrogen-bond acceptors (Lipinski definition) is 6. The molecule has 0 atom stereocenters. The Morgan fingerprint density at radius 2 is 1.23 bits per heavy atom. The Balaban J connectivity index is 2.32. The number of aromatic nitrogens is 2. The molecule has 1 heterocycles. The summed E-state index contributed by atoms with van der Waals surface area (Å²) in [5.74, 6) is 4.76. The van der Waals surface area contributed by atoms with E-state index in [1.165, 1.54) is 48.5 Å². The van der Waals surface area contributed by atoms with Gasteiger partial charge in [-0.2, -0.15) is 31.2 Å². The van der Waals surface area contributed by atoms with E-state index in [1.54, 1.807) is 0 Å². The second-order valence-electron chi connectivity index (χ2n) is 12.1. The van der Waals surface area contributed by atoms with E-state index in [9.17, 15) is 40.7 Å². The quantitative estimate of drug-likeness (QED) is 0.223. The molecule has 1 N–H and O–H groups in total. The molecule has 0 fully saturated rings. The summed E-state index contributed by atoms with van der Waals surface area (Å²) in [5.41, 5.74) is -5.36. The van der Waals surface area contributed by atoms with Gasteiger partial charge in [0.2, 0.25) is 0 Å². The van der Waals surface area contributed by atoms with Gasteiger partial charge < -0.3 is 14.5 Å². The normalized spacial score (nSPS) is 12.6. The van der Waals surface area contributed by atoms with E-state index in [1.807, 2.05) is 0 Å².